The van der Waals surface area contributed by atoms with Gasteiger partial charge in [-0.25, -0.2) is 9.97 Å². The van der Waals surface area contributed by atoms with E-state index in [2.05, 4.69) is 14.9 Å². The summed E-state index contributed by atoms with van der Waals surface area (Å²) in [6.07, 6.45) is 3.72. The second-order valence-corrected chi connectivity index (χ2v) is 5.43. The number of aliphatic hydroxyl groups is 1. The summed E-state index contributed by atoms with van der Waals surface area (Å²) < 4.78 is 0. The Labute approximate surface area is 105 Å². The van der Waals surface area contributed by atoms with E-state index < -0.39 is 5.60 Å². The Balaban J connectivity index is 2.24. The van der Waals surface area contributed by atoms with Crippen molar-refractivity contribution in [3.05, 3.63) is 6.07 Å². The highest BCUT2D eigenvalue weighted by Gasteiger charge is 2.29. The third-order valence-electron chi connectivity index (χ3n) is 2.89. The summed E-state index contributed by atoms with van der Waals surface area (Å²) in [5.74, 6) is 1.28. The summed E-state index contributed by atoms with van der Waals surface area (Å²) >= 11 is 1.47. The standard InChI is InChI=1S/C11H18N4OS/c1-11(16)4-3-5-15(7-11)9-6-8(12)13-10(14-9)17-2/h6,16H,3-5,7H2,1-2H3,(H2,12,13,14). The van der Waals surface area contributed by atoms with Gasteiger partial charge in [-0.1, -0.05) is 11.8 Å². The number of nitrogens with zero attached hydrogens (tertiary/aromatic N) is 3. The number of nitrogen functional groups attached to an aromatic ring is 1. The molecule has 0 saturated carbocycles. The van der Waals surface area contributed by atoms with Crippen LogP contribution in [0.1, 0.15) is 19.8 Å². The van der Waals surface area contributed by atoms with Gasteiger partial charge in [-0.15, -0.1) is 0 Å². The lowest BCUT2D eigenvalue weighted by Crippen LogP contribution is -2.46. The summed E-state index contributed by atoms with van der Waals surface area (Å²) in [7, 11) is 0. The van der Waals surface area contributed by atoms with E-state index in [0.717, 1.165) is 25.2 Å². The summed E-state index contributed by atoms with van der Waals surface area (Å²) in [4.78, 5) is 10.6. The van der Waals surface area contributed by atoms with E-state index >= 15 is 0 Å². The Morgan fingerprint density at radius 1 is 1.53 bits per heavy atom. The van der Waals surface area contributed by atoms with E-state index in [-0.39, 0.29) is 0 Å². The van der Waals surface area contributed by atoms with Crippen molar-refractivity contribution in [2.75, 3.05) is 30.0 Å². The van der Waals surface area contributed by atoms with Crippen molar-refractivity contribution in [1.82, 2.24) is 9.97 Å². The van der Waals surface area contributed by atoms with Crippen LogP contribution < -0.4 is 10.6 Å². The monoisotopic (exact) mass is 254 g/mol. The number of nitrogens with two attached hydrogens (primary N) is 1. The maximum Gasteiger partial charge on any atom is 0.191 e. The molecule has 1 atom stereocenters. The highest BCUT2D eigenvalue weighted by atomic mass is 32.2. The molecule has 5 nitrogen and oxygen atoms in total. The Kier molecular flexibility index (Phi) is 3.44. The molecular weight excluding hydrogens is 236 g/mol. The minimum absolute atomic E-state index is 0.476. The van der Waals surface area contributed by atoms with E-state index in [0.29, 0.717) is 17.5 Å². The fraction of sp³-hybridized carbons (Fsp3) is 0.636. The second kappa shape index (κ2) is 4.70. The van der Waals surface area contributed by atoms with Crippen LogP contribution in [0.3, 0.4) is 0 Å². The molecule has 3 N–H and O–H groups in total. The van der Waals surface area contributed by atoms with Crippen molar-refractivity contribution in [3.8, 4) is 0 Å². The van der Waals surface area contributed by atoms with Crippen LogP contribution in [0.2, 0.25) is 0 Å². The molecule has 6 heteroatoms. The van der Waals surface area contributed by atoms with Crippen LogP contribution in [-0.4, -0.2) is 40.0 Å². The highest BCUT2D eigenvalue weighted by molar-refractivity contribution is 7.98. The molecule has 1 saturated heterocycles. The predicted octanol–water partition coefficient (Wildman–Crippen LogP) is 1.13. The Morgan fingerprint density at radius 3 is 2.94 bits per heavy atom. The van der Waals surface area contributed by atoms with Gasteiger partial charge in [0.25, 0.3) is 0 Å². The van der Waals surface area contributed by atoms with E-state index in [4.69, 9.17) is 5.73 Å². The first-order valence-electron chi connectivity index (χ1n) is 5.66. The molecule has 1 unspecified atom stereocenters. The molecule has 0 amide bonds. The van der Waals surface area contributed by atoms with Crippen molar-refractivity contribution in [3.63, 3.8) is 0 Å². The van der Waals surface area contributed by atoms with Gasteiger partial charge in [-0.05, 0) is 26.0 Å². The minimum atomic E-state index is -0.641. The van der Waals surface area contributed by atoms with Gasteiger partial charge < -0.3 is 15.7 Å². The van der Waals surface area contributed by atoms with Crippen molar-refractivity contribution < 1.29 is 5.11 Å². The molecule has 0 spiro atoms. The lowest BCUT2D eigenvalue weighted by molar-refractivity contribution is 0.0446. The number of β-amino-alcohol motifs (C(OH)–C–C–N with tert-alkyl or cyclic N) is 1. The number of aromatic nitrogens is 2. The highest BCUT2D eigenvalue weighted by Crippen LogP contribution is 2.26. The van der Waals surface area contributed by atoms with Crippen LogP contribution in [0.4, 0.5) is 11.6 Å². The summed E-state index contributed by atoms with van der Waals surface area (Å²) in [6.45, 7) is 3.36. The van der Waals surface area contributed by atoms with Gasteiger partial charge in [0.05, 0.1) is 5.60 Å². The van der Waals surface area contributed by atoms with Gasteiger partial charge in [0, 0.05) is 19.2 Å². The lowest BCUT2D eigenvalue weighted by Gasteiger charge is -2.37. The maximum atomic E-state index is 10.1. The molecule has 0 aliphatic carbocycles. The molecule has 94 valence electrons. The Morgan fingerprint density at radius 2 is 2.29 bits per heavy atom. The molecule has 1 aliphatic rings. The first-order valence-corrected chi connectivity index (χ1v) is 6.88. The van der Waals surface area contributed by atoms with Crippen LogP contribution in [0.5, 0.6) is 0 Å². The summed E-state index contributed by atoms with van der Waals surface area (Å²) in [5.41, 5.74) is 5.11. The smallest absolute Gasteiger partial charge is 0.191 e. The fourth-order valence-corrected chi connectivity index (χ4v) is 2.48. The van der Waals surface area contributed by atoms with E-state index in [1.54, 1.807) is 6.07 Å². The SMILES string of the molecule is CSc1nc(N)cc(N2CCCC(C)(O)C2)n1. The molecule has 0 aromatic carbocycles. The van der Waals surface area contributed by atoms with Crippen LogP contribution >= 0.6 is 11.8 Å². The van der Waals surface area contributed by atoms with Gasteiger partial charge >= 0.3 is 0 Å². The molecule has 1 aromatic rings. The van der Waals surface area contributed by atoms with Crippen LogP contribution in [0, 0.1) is 0 Å². The quantitative estimate of drug-likeness (QED) is 0.609. The third kappa shape index (κ3) is 3.01. The fourth-order valence-electron chi connectivity index (χ4n) is 2.10. The second-order valence-electron chi connectivity index (χ2n) is 4.66. The van der Waals surface area contributed by atoms with Gasteiger partial charge in [0.15, 0.2) is 5.16 Å². The first-order chi connectivity index (χ1) is 8.00. The molecule has 17 heavy (non-hydrogen) atoms. The summed E-state index contributed by atoms with van der Waals surface area (Å²) in [5, 5.41) is 10.8. The number of hydrogen-bond acceptors (Lipinski definition) is 6. The largest absolute Gasteiger partial charge is 0.388 e. The average Bonchev–Trinajstić information content (AvgIpc) is 2.27. The molecule has 1 fully saturated rings. The zero-order chi connectivity index (χ0) is 12.5. The zero-order valence-corrected chi connectivity index (χ0v) is 11.0. The van der Waals surface area contributed by atoms with Crippen molar-refractivity contribution in [2.45, 2.75) is 30.5 Å². The molecule has 0 bridgehead atoms. The number of piperidine rings is 1. The number of thioether (sulfide) groups is 1. The maximum absolute atomic E-state index is 10.1. The average molecular weight is 254 g/mol. The molecule has 0 radical (unpaired) electrons. The topological polar surface area (TPSA) is 75.3 Å². The van der Waals surface area contributed by atoms with Crippen LogP contribution in [0.15, 0.2) is 11.2 Å². The minimum Gasteiger partial charge on any atom is -0.388 e. The zero-order valence-electron chi connectivity index (χ0n) is 10.2. The first kappa shape index (κ1) is 12.4. The molecule has 2 heterocycles. The van der Waals surface area contributed by atoms with Gasteiger partial charge in [-0.3, -0.25) is 0 Å². The normalized spacial score (nSPS) is 25.0. The van der Waals surface area contributed by atoms with Gasteiger partial charge in [-0.2, -0.15) is 0 Å². The predicted molar refractivity (Wildman–Crippen MR) is 70.3 cm³/mol. The molecule has 1 aliphatic heterocycles. The van der Waals surface area contributed by atoms with E-state index in [1.165, 1.54) is 11.8 Å². The number of hydrogen-bond donors (Lipinski definition) is 2. The van der Waals surface area contributed by atoms with Crippen LogP contribution in [0.25, 0.3) is 0 Å². The number of anilines is 2. The van der Waals surface area contributed by atoms with E-state index in [9.17, 15) is 5.11 Å². The van der Waals surface area contributed by atoms with Crippen LogP contribution in [-0.2, 0) is 0 Å². The van der Waals surface area contributed by atoms with E-state index in [1.807, 2.05) is 13.2 Å². The van der Waals surface area contributed by atoms with Crippen molar-refractivity contribution in [1.29, 1.82) is 0 Å². The van der Waals surface area contributed by atoms with Gasteiger partial charge in [0.1, 0.15) is 11.6 Å². The van der Waals surface area contributed by atoms with Crippen molar-refractivity contribution in [2.24, 2.45) is 0 Å². The van der Waals surface area contributed by atoms with Gasteiger partial charge in [0.2, 0.25) is 0 Å². The Bertz CT molecular complexity index is 410. The number of rotatable bonds is 2. The third-order valence-corrected chi connectivity index (χ3v) is 3.44. The molecule has 2 rings (SSSR count). The molecular formula is C11H18N4OS. The lowest BCUT2D eigenvalue weighted by atomic mass is 9.95. The summed E-state index contributed by atoms with van der Waals surface area (Å²) in [6, 6.07) is 1.76. The van der Waals surface area contributed by atoms with Crippen molar-refractivity contribution >= 4 is 23.4 Å². The Hall–Kier alpha value is -1.01. The molecule has 1 aromatic heterocycles.